The van der Waals surface area contributed by atoms with Gasteiger partial charge in [-0.3, -0.25) is 14.4 Å². The van der Waals surface area contributed by atoms with Crippen molar-refractivity contribution < 1.29 is 19.1 Å². The van der Waals surface area contributed by atoms with E-state index in [0.717, 1.165) is 5.56 Å². The molecular formula is C15H16N4O4. The lowest BCUT2D eigenvalue weighted by Crippen LogP contribution is -2.37. The zero-order chi connectivity index (χ0) is 16.2. The largest absolute Gasteiger partial charge is 0.482 e. The molecule has 3 N–H and O–H groups in total. The van der Waals surface area contributed by atoms with E-state index in [1.807, 2.05) is 12.1 Å². The monoisotopic (exact) mass is 316 g/mol. The first-order valence-corrected chi connectivity index (χ1v) is 7.31. The molecule has 2 heterocycles. The summed E-state index contributed by atoms with van der Waals surface area (Å²) >= 11 is 0. The number of rotatable bonds is 4. The molecule has 1 aromatic carbocycles. The third-order valence-corrected chi connectivity index (χ3v) is 3.54. The van der Waals surface area contributed by atoms with E-state index in [9.17, 15) is 14.4 Å². The van der Waals surface area contributed by atoms with Gasteiger partial charge in [0.1, 0.15) is 11.5 Å². The molecule has 120 valence electrons. The van der Waals surface area contributed by atoms with Gasteiger partial charge >= 0.3 is 0 Å². The number of benzene rings is 1. The Labute approximate surface area is 132 Å². The van der Waals surface area contributed by atoms with Crippen molar-refractivity contribution >= 4 is 29.1 Å². The molecule has 0 radical (unpaired) electrons. The number of hydrogen-bond donors (Lipinski definition) is 3. The molecule has 0 bridgehead atoms. The van der Waals surface area contributed by atoms with Crippen molar-refractivity contribution in [3.63, 3.8) is 0 Å². The summed E-state index contributed by atoms with van der Waals surface area (Å²) in [6, 6.07) is 5.52. The van der Waals surface area contributed by atoms with Gasteiger partial charge in [0.2, 0.25) is 5.91 Å². The normalized spacial score (nSPS) is 16.4. The first-order chi connectivity index (χ1) is 11.1. The minimum Gasteiger partial charge on any atom is -0.482 e. The average molecular weight is 316 g/mol. The van der Waals surface area contributed by atoms with Crippen molar-refractivity contribution in [2.45, 2.75) is 19.3 Å². The van der Waals surface area contributed by atoms with E-state index in [1.165, 1.54) is 0 Å². The van der Waals surface area contributed by atoms with Crippen LogP contribution in [-0.4, -0.2) is 36.6 Å². The van der Waals surface area contributed by atoms with Crippen LogP contribution in [-0.2, 0) is 20.8 Å². The van der Waals surface area contributed by atoms with Crippen LogP contribution >= 0.6 is 0 Å². The summed E-state index contributed by atoms with van der Waals surface area (Å²) in [6.45, 7) is 0.459. The predicted molar refractivity (Wildman–Crippen MR) is 82.1 cm³/mol. The lowest BCUT2D eigenvalue weighted by molar-refractivity contribution is -0.121. The highest BCUT2D eigenvalue weighted by molar-refractivity contribution is 6.39. The number of hydrogen-bond acceptors (Lipinski definition) is 5. The van der Waals surface area contributed by atoms with Gasteiger partial charge in [0, 0.05) is 19.4 Å². The first-order valence-electron chi connectivity index (χ1n) is 7.31. The molecule has 3 amide bonds. The molecule has 0 saturated carbocycles. The number of hydrazone groups is 1. The Bertz CT molecular complexity index is 699. The van der Waals surface area contributed by atoms with Crippen LogP contribution in [0, 0.1) is 0 Å². The molecule has 8 heteroatoms. The van der Waals surface area contributed by atoms with E-state index < -0.39 is 0 Å². The van der Waals surface area contributed by atoms with Crippen LogP contribution in [0.4, 0.5) is 5.69 Å². The summed E-state index contributed by atoms with van der Waals surface area (Å²) in [4.78, 5) is 34.2. The number of fused-ring (bicyclic) bond motifs is 1. The number of carbonyl (C=O) groups excluding carboxylic acids is 3. The van der Waals surface area contributed by atoms with Crippen LogP contribution < -0.4 is 20.8 Å². The van der Waals surface area contributed by atoms with Gasteiger partial charge in [0.05, 0.1) is 5.69 Å². The third-order valence-electron chi connectivity index (χ3n) is 3.54. The minimum atomic E-state index is -0.278. The summed E-state index contributed by atoms with van der Waals surface area (Å²) in [5, 5.41) is 9.25. The Morgan fingerprint density at radius 2 is 2.13 bits per heavy atom. The van der Waals surface area contributed by atoms with E-state index in [-0.39, 0.29) is 30.7 Å². The summed E-state index contributed by atoms with van der Waals surface area (Å²) in [5.41, 5.74) is 4.23. The lowest BCUT2D eigenvalue weighted by Gasteiger charge is -2.18. The summed E-state index contributed by atoms with van der Waals surface area (Å²) in [5.74, 6) is 0.00414. The number of amides is 3. The van der Waals surface area contributed by atoms with Gasteiger partial charge in [-0.15, -0.1) is 0 Å². The van der Waals surface area contributed by atoms with Crippen LogP contribution in [0.25, 0.3) is 0 Å². The van der Waals surface area contributed by atoms with E-state index in [4.69, 9.17) is 4.74 Å². The van der Waals surface area contributed by atoms with Crippen molar-refractivity contribution in [3.8, 4) is 5.75 Å². The molecule has 0 fully saturated rings. The van der Waals surface area contributed by atoms with Crippen molar-refractivity contribution in [2.24, 2.45) is 5.10 Å². The Hall–Kier alpha value is -2.90. The molecule has 2 aliphatic rings. The van der Waals surface area contributed by atoms with Gasteiger partial charge in [0.15, 0.2) is 6.61 Å². The minimum absolute atomic E-state index is 0.0288. The maximum absolute atomic E-state index is 11.9. The van der Waals surface area contributed by atoms with Crippen LogP contribution in [0.2, 0.25) is 0 Å². The van der Waals surface area contributed by atoms with Crippen molar-refractivity contribution in [2.75, 3.05) is 18.5 Å². The fraction of sp³-hybridized carbons (Fsp3) is 0.333. The molecule has 0 spiro atoms. The molecule has 0 saturated heterocycles. The van der Waals surface area contributed by atoms with Crippen molar-refractivity contribution in [3.05, 3.63) is 23.8 Å². The fourth-order valence-corrected chi connectivity index (χ4v) is 2.35. The maximum Gasteiger partial charge on any atom is 0.267 e. The second kappa shape index (κ2) is 6.47. The molecule has 8 nitrogen and oxygen atoms in total. The van der Waals surface area contributed by atoms with E-state index in [1.54, 1.807) is 6.07 Å². The Balaban J connectivity index is 1.53. The van der Waals surface area contributed by atoms with Crippen LogP contribution in [0.1, 0.15) is 18.4 Å². The Morgan fingerprint density at radius 1 is 1.26 bits per heavy atom. The van der Waals surface area contributed by atoms with Crippen molar-refractivity contribution in [1.29, 1.82) is 0 Å². The first kappa shape index (κ1) is 15.0. The van der Waals surface area contributed by atoms with E-state index in [2.05, 4.69) is 21.2 Å². The fourth-order valence-electron chi connectivity index (χ4n) is 2.35. The number of anilines is 1. The molecule has 0 atom stereocenters. The molecule has 0 aromatic heterocycles. The molecule has 0 unspecified atom stereocenters. The zero-order valence-corrected chi connectivity index (χ0v) is 12.3. The smallest absolute Gasteiger partial charge is 0.267 e. The summed E-state index contributed by atoms with van der Waals surface area (Å²) < 4.78 is 5.29. The van der Waals surface area contributed by atoms with Crippen LogP contribution in [0.15, 0.2) is 23.3 Å². The topological polar surface area (TPSA) is 109 Å². The highest BCUT2D eigenvalue weighted by atomic mass is 16.5. The maximum atomic E-state index is 11.9. The Morgan fingerprint density at radius 3 is 2.91 bits per heavy atom. The average Bonchev–Trinajstić information content (AvgIpc) is 2.55. The molecule has 3 rings (SSSR count). The number of nitrogens with one attached hydrogen (secondary N) is 3. The zero-order valence-electron chi connectivity index (χ0n) is 12.3. The second-order valence-electron chi connectivity index (χ2n) is 5.27. The highest BCUT2D eigenvalue weighted by Gasteiger charge is 2.18. The second-order valence-corrected chi connectivity index (χ2v) is 5.27. The lowest BCUT2D eigenvalue weighted by atomic mass is 10.1. The number of nitrogens with zero attached hydrogens (tertiary/aromatic N) is 1. The van der Waals surface area contributed by atoms with Crippen molar-refractivity contribution in [1.82, 2.24) is 10.7 Å². The standard InChI is InChI=1S/C15H16N4O4/c20-13-4-2-10(18-19-13)15(22)16-6-5-9-1-3-12-11(7-9)17-14(21)8-23-12/h1,3,7H,2,4-6,8H2,(H,16,22)(H,17,21)(H,19,20). The van der Waals surface area contributed by atoms with E-state index in [0.29, 0.717) is 36.5 Å². The van der Waals surface area contributed by atoms with E-state index >= 15 is 0 Å². The molecular weight excluding hydrogens is 300 g/mol. The Kier molecular flexibility index (Phi) is 4.22. The predicted octanol–water partition coefficient (Wildman–Crippen LogP) is -0.0578. The van der Waals surface area contributed by atoms with Gasteiger partial charge in [-0.1, -0.05) is 6.07 Å². The number of ether oxygens (including phenoxy) is 1. The van der Waals surface area contributed by atoms with Gasteiger partial charge in [-0.2, -0.15) is 5.10 Å². The molecule has 0 aliphatic carbocycles. The van der Waals surface area contributed by atoms with Crippen LogP contribution in [0.5, 0.6) is 5.75 Å². The highest BCUT2D eigenvalue weighted by Crippen LogP contribution is 2.28. The van der Waals surface area contributed by atoms with Crippen LogP contribution in [0.3, 0.4) is 0 Å². The summed E-state index contributed by atoms with van der Waals surface area (Å²) in [6.07, 6.45) is 1.23. The van der Waals surface area contributed by atoms with Gasteiger partial charge in [-0.25, -0.2) is 5.43 Å². The van der Waals surface area contributed by atoms with Gasteiger partial charge in [-0.05, 0) is 24.1 Å². The van der Waals surface area contributed by atoms with Gasteiger partial charge < -0.3 is 15.4 Å². The number of carbonyl (C=O) groups is 3. The SMILES string of the molecule is O=C1CCC(C(=O)NCCc2ccc3c(c2)NC(=O)CO3)=NN1. The molecule has 2 aliphatic heterocycles. The summed E-state index contributed by atoms with van der Waals surface area (Å²) in [7, 11) is 0. The third kappa shape index (κ3) is 3.65. The molecule has 23 heavy (non-hydrogen) atoms. The quantitative estimate of drug-likeness (QED) is 0.723. The molecule has 1 aromatic rings. The van der Waals surface area contributed by atoms with Gasteiger partial charge in [0.25, 0.3) is 11.8 Å².